The molecule has 0 saturated carbocycles. The predicted molar refractivity (Wildman–Crippen MR) is 71.4 cm³/mol. The molecule has 2 rings (SSSR count). The first-order valence-corrected chi connectivity index (χ1v) is 6.94. The van der Waals surface area contributed by atoms with Crippen molar-refractivity contribution in [1.29, 1.82) is 0 Å². The number of thiophene rings is 1. The van der Waals surface area contributed by atoms with Crippen LogP contribution in [0.2, 0.25) is 5.02 Å². The normalized spacial score (nSPS) is 10.7. The van der Waals surface area contributed by atoms with Crippen molar-refractivity contribution in [1.82, 2.24) is 0 Å². The van der Waals surface area contributed by atoms with Crippen LogP contribution in [0.1, 0.15) is 15.2 Å². The number of rotatable bonds is 3. The summed E-state index contributed by atoms with van der Waals surface area (Å²) in [6.07, 6.45) is 0.0696. The Labute approximate surface area is 120 Å². The lowest BCUT2D eigenvalue weighted by Crippen LogP contribution is -2.05. The van der Waals surface area contributed by atoms with Gasteiger partial charge in [0.05, 0.1) is 9.50 Å². The fraction of sp³-hybridized carbons (Fsp3) is 0.0833. The summed E-state index contributed by atoms with van der Waals surface area (Å²) in [6, 6.07) is 3.88. The highest BCUT2D eigenvalue weighted by Gasteiger charge is 2.18. The van der Waals surface area contributed by atoms with Crippen LogP contribution >= 0.6 is 38.9 Å². The second kappa shape index (κ2) is 5.47. The van der Waals surface area contributed by atoms with E-state index in [4.69, 9.17) is 11.6 Å². The van der Waals surface area contributed by atoms with Gasteiger partial charge in [-0.1, -0.05) is 11.6 Å². The van der Waals surface area contributed by atoms with Crippen molar-refractivity contribution in [2.45, 2.75) is 6.42 Å². The van der Waals surface area contributed by atoms with Crippen LogP contribution in [0.15, 0.2) is 28.1 Å². The molecule has 2 aromatic rings. The van der Waals surface area contributed by atoms with E-state index in [1.54, 1.807) is 11.4 Å². The van der Waals surface area contributed by atoms with Crippen LogP contribution in [-0.4, -0.2) is 5.78 Å². The first-order valence-electron chi connectivity index (χ1n) is 4.89. The molecule has 6 heteroatoms. The topological polar surface area (TPSA) is 17.1 Å². The van der Waals surface area contributed by atoms with Crippen molar-refractivity contribution in [2.24, 2.45) is 0 Å². The third kappa shape index (κ3) is 2.63. The van der Waals surface area contributed by atoms with Crippen LogP contribution < -0.4 is 0 Å². The molecule has 0 aliphatic rings. The number of halogens is 4. The van der Waals surface area contributed by atoms with Crippen molar-refractivity contribution in [3.8, 4) is 0 Å². The van der Waals surface area contributed by atoms with Crippen LogP contribution in [0.3, 0.4) is 0 Å². The molecule has 0 radical (unpaired) electrons. The first-order chi connectivity index (χ1) is 8.50. The number of hydrogen-bond donors (Lipinski definition) is 0. The second-order valence-electron chi connectivity index (χ2n) is 3.51. The fourth-order valence-electron chi connectivity index (χ4n) is 1.43. The smallest absolute Gasteiger partial charge is 0.173 e. The third-order valence-corrected chi connectivity index (χ3v) is 4.51. The van der Waals surface area contributed by atoms with Crippen molar-refractivity contribution < 1.29 is 13.6 Å². The minimum absolute atomic E-state index is 0.0696. The van der Waals surface area contributed by atoms with Gasteiger partial charge in [-0.25, -0.2) is 8.78 Å². The molecule has 0 atom stereocenters. The number of benzene rings is 1. The summed E-state index contributed by atoms with van der Waals surface area (Å²) in [7, 11) is 0. The number of ketones is 1. The van der Waals surface area contributed by atoms with Gasteiger partial charge in [0.1, 0.15) is 0 Å². The molecule has 0 aliphatic carbocycles. The van der Waals surface area contributed by atoms with Crippen molar-refractivity contribution in [3.63, 3.8) is 0 Å². The summed E-state index contributed by atoms with van der Waals surface area (Å²) < 4.78 is 26.1. The average Bonchev–Trinajstić information content (AvgIpc) is 2.72. The van der Waals surface area contributed by atoms with Crippen molar-refractivity contribution >= 4 is 44.7 Å². The Balaban J connectivity index is 2.30. The highest BCUT2D eigenvalue weighted by Crippen LogP contribution is 2.27. The van der Waals surface area contributed by atoms with Gasteiger partial charge in [0.25, 0.3) is 0 Å². The molecule has 0 spiro atoms. The molecule has 18 heavy (non-hydrogen) atoms. The van der Waals surface area contributed by atoms with E-state index < -0.39 is 11.6 Å². The molecule has 0 unspecified atom stereocenters. The van der Waals surface area contributed by atoms with Gasteiger partial charge in [0, 0.05) is 16.9 Å². The summed E-state index contributed by atoms with van der Waals surface area (Å²) in [5.74, 6) is -2.36. The molecule has 0 N–H and O–H groups in total. The lowest BCUT2D eigenvalue weighted by molar-refractivity contribution is 0.0992. The van der Waals surface area contributed by atoms with E-state index in [1.807, 2.05) is 0 Å². The van der Waals surface area contributed by atoms with E-state index in [0.29, 0.717) is 9.90 Å². The molecule has 1 aromatic carbocycles. The van der Waals surface area contributed by atoms with Crippen LogP contribution in [0, 0.1) is 11.6 Å². The quantitative estimate of drug-likeness (QED) is 0.570. The van der Waals surface area contributed by atoms with Gasteiger partial charge in [-0.05, 0) is 39.5 Å². The van der Waals surface area contributed by atoms with Crippen molar-refractivity contribution in [3.05, 3.63) is 55.1 Å². The summed E-state index contributed by atoms with van der Waals surface area (Å²) in [5.41, 5.74) is 0.110. The van der Waals surface area contributed by atoms with E-state index in [1.165, 1.54) is 17.4 Å². The lowest BCUT2D eigenvalue weighted by atomic mass is 10.1. The van der Waals surface area contributed by atoms with E-state index >= 15 is 0 Å². The van der Waals surface area contributed by atoms with E-state index in [2.05, 4.69) is 15.9 Å². The summed E-state index contributed by atoms with van der Waals surface area (Å²) in [6.45, 7) is 0. The van der Waals surface area contributed by atoms with E-state index in [9.17, 15) is 13.6 Å². The minimum Gasteiger partial charge on any atom is -0.294 e. The minimum atomic E-state index is -1.06. The monoisotopic (exact) mass is 350 g/mol. The molecular weight excluding hydrogens is 346 g/mol. The standard InChI is InChI=1S/C12H6BrClF2OS/c13-11-6(1-2-8(15)12(11)16)9(17)5-10-7(14)3-4-18-10/h1-4H,5H2. The lowest BCUT2D eigenvalue weighted by Gasteiger charge is -2.04. The highest BCUT2D eigenvalue weighted by molar-refractivity contribution is 9.10. The van der Waals surface area contributed by atoms with Gasteiger partial charge in [0.2, 0.25) is 0 Å². The van der Waals surface area contributed by atoms with Crippen molar-refractivity contribution in [2.75, 3.05) is 0 Å². The van der Waals surface area contributed by atoms with Crippen LogP contribution in [0.25, 0.3) is 0 Å². The Bertz CT molecular complexity index is 612. The molecule has 94 valence electrons. The number of carbonyl (C=O) groups excluding carboxylic acids is 1. The maximum absolute atomic E-state index is 13.3. The largest absolute Gasteiger partial charge is 0.294 e. The van der Waals surface area contributed by atoms with Crippen LogP contribution in [0.5, 0.6) is 0 Å². The SMILES string of the molecule is O=C(Cc1sccc1Cl)c1ccc(F)c(F)c1Br. The molecule has 0 aliphatic heterocycles. The van der Waals surface area contributed by atoms with Gasteiger partial charge in [-0.3, -0.25) is 4.79 Å². The number of Topliss-reactive ketones (excluding diaryl/α,β-unsaturated/α-hetero) is 1. The first kappa shape index (κ1) is 13.6. The van der Waals surface area contributed by atoms with E-state index in [0.717, 1.165) is 6.07 Å². The Morgan fingerprint density at radius 1 is 1.33 bits per heavy atom. The molecule has 1 nitrogen and oxygen atoms in total. The molecular formula is C12H6BrClF2OS. The number of carbonyl (C=O) groups is 1. The average molecular weight is 352 g/mol. The zero-order valence-corrected chi connectivity index (χ0v) is 12.0. The molecule has 0 bridgehead atoms. The number of hydrogen-bond acceptors (Lipinski definition) is 2. The Hall–Kier alpha value is -0.780. The maximum Gasteiger partial charge on any atom is 0.173 e. The van der Waals surface area contributed by atoms with Gasteiger partial charge in [-0.2, -0.15) is 0 Å². The van der Waals surface area contributed by atoms with E-state index in [-0.39, 0.29) is 22.2 Å². The Kier molecular flexibility index (Phi) is 4.14. The highest BCUT2D eigenvalue weighted by atomic mass is 79.9. The van der Waals surface area contributed by atoms with Crippen LogP contribution in [-0.2, 0) is 6.42 Å². The summed E-state index contributed by atoms with van der Waals surface area (Å²) in [4.78, 5) is 12.7. The second-order valence-corrected chi connectivity index (χ2v) is 5.72. The summed E-state index contributed by atoms with van der Waals surface area (Å²) in [5, 5.41) is 2.28. The van der Waals surface area contributed by atoms with Gasteiger partial charge in [0.15, 0.2) is 17.4 Å². The fourth-order valence-corrected chi connectivity index (χ4v) is 3.08. The Morgan fingerprint density at radius 3 is 2.67 bits per heavy atom. The predicted octanol–water partition coefficient (Wildman–Crippen LogP) is 4.87. The molecule has 1 aromatic heterocycles. The Morgan fingerprint density at radius 2 is 2.06 bits per heavy atom. The van der Waals surface area contributed by atoms with Crippen LogP contribution in [0.4, 0.5) is 8.78 Å². The molecule has 0 saturated heterocycles. The maximum atomic E-state index is 13.3. The molecule has 0 fully saturated rings. The zero-order valence-electron chi connectivity index (χ0n) is 8.84. The zero-order chi connectivity index (χ0) is 13.3. The molecule has 0 amide bonds. The van der Waals surface area contributed by atoms with Gasteiger partial charge < -0.3 is 0 Å². The van der Waals surface area contributed by atoms with Gasteiger partial charge >= 0.3 is 0 Å². The molecule has 1 heterocycles. The van der Waals surface area contributed by atoms with Gasteiger partial charge in [-0.15, -0.1) is 11.3 Å². The summed E-state index contributed by atoms with van der Waals surface area (Å²) >= 11 is 10.1. The third-order valence-electron chi connectivity index (χ3n) is 2.35.